The van der Waals surface area contributed by atoms with E-state index in [2.05, 4.69) is 15.5 Å². The topological polar surface area (TPSA) is 108 Å². The SMILES string of the molecule is CCn1cc(NC(=O)C(C)n2nc(C(F)F)cc2C)c(C(N)=O)n1. The van der Waals surface area contributed by atoms with E-state index in [4.69, 9.17) is 5.73 Å². The van der Waals surface area contributed by atoms with Gasteiger partial charge in [0, 0.05) is 18.4 Å². The molecule has 0 bridgehead atoms. The fourth-order valence-electron chi connectivity index (χ4n) is 2.22. The van der Waals surface area contributed by atoms with Crippen LogP contribution in [0.4, 0.5) is 14.5 Å². The average Bonchev–Trinajstić information content (AvgIpc) is 3.10. The van der Waals surface area contributed by atoms with Crippen molar-refractivity contribution in [3.63, 3.8) is 0 Å². The highest BCUT2D eigenvalue weighted by Crippen LogP contribution is 2.21. The molecule has 8 nitrogen and oxygen atoms in total. The van der Waals surface area contributed by atoms with Gasteiger partial charge in [-0.05, 0) is 26.8 Å². The van der Waals surface area contributed by atoms with E-state index >= 15 is 0 Å². The van der Waals surface area contributed by atoms with Gasteiger partial charge >= 0.3 is 0 Å². The van der Waals surface area contributed by atoms with E-state index < -0.39 is 30.0 Å². The number of halogens is 2. The maximum Gasteiger partial charge on any atom is 0.282 e. The third-order valence-electron chi connectivity index (χ3n) is 3.49. The maximum atomic E-state index is 12.7. The average molecular weight is 340 g/mol. The molecule has 2 amide bonds. The molecule has 2 aromatic rings. The summed E-state index contributed by atoms with van der Waals surface area (Å²) in [5, 5.41) is 10.2. The quantitative estimate of drug-likeness (QED) is 0.833. The smallest absolute Gasteiger partial charge is 0.282 e. The van der Waals surface area contributed by atoms with Crippen LogP contribution in [0.1, 0.15) is 48.2 Å². The third kappa shape index (κ3) is 3.42. The summed E-state index contributed by atoms with van der Waals surface area (Å²) in [4.78, 5) is 23.8. The summed E-state index contributed by atoms with van der Waals surface area (Å²) in [6, 6.07) is 0.362. The molecule has 0 spiro atoms. The first kappa shape index (κ1) is 17.6. The number of anilines is 1. The number of nitrogens with zero attached hydrogens (tertiary/aromatic N) is 4. The highest BCUT2D eigenvalue weighted by molar-refractivity contribution is 6.02. The predicted molar refractivity (Wildman–Crippen MR) is 81.7 cm³/mol. The van der Waals surface area contributed by atoms with Gasteiger partial charge in [0.1, 0.15) is 11.7 Å². The van der Waals surface area contributed by atoms with Crippen molar-refractivity contribution in [1.82, 2.24) is 19.6 Å². The van der Waals surface area contributed by atoms with Crippen LogP contribution in [-0.4, -0.2) is 31.4 Å². The van der Waals surface area contributed by atoms with Gasteiger partial charge in [-0.1, -0.05) is 0 Å². The summed E-state index contributed by atoms with van der Waals surface area (Å²) >= 11 is 0. The van der Waals surface area contributed by atoms with Crippen LogP contribution in [0.15, 0.2) is 12.3 Å². The molecule has 0 aliphatic heterocycles. The van der Waals surface area contributed by atoms with Gasteiger partial charge in [-0.25, -0.2) is 8.78 Å². The zero-order valence-corrected chi connectivity index (χ0v) is 13.5. The van der Waals surface area contributed by atoms with E-state index in [9.17, 15) is 18.4 Å². The minimum Gasteiger partial charge on any atom is -0.364 e. The van der Waals surface area contributed by atoms with Crippen molar-refractivity contribution in [2.24, 2.45) is 5.73 Å². The molecule has 1 unspecified atom stereocenters. The second kappa shape index (κ2) is 6.77. The van der Waals surface area contributed by atoms with Gasteiger partial charge in [0.25, 0.3) is 12.3 Å². The molecule has 3 N–H and O–H groups in total. The van der Waals surface area contributed by atoms with Gasteiger partial charge in [-0.2, -0.15) is 10.2 Å². The fourth-order valence-corrected chi connectivity index (χ4v) is 2.22. The lowest BCUT2D eigenvalue weighted by Gasteiger charge is -2.14. The van der Waals surface area contributed by atoms with Gasteiger partial charge in [-0.3, -0.25) is 19.0 Å². The number of aromatic nitrogens is 4. The Hall–Kier alpha value is -2.78. The van der Waals surface area contributed by atoms with Crippen molar-refractivity contribution in [3.8, 4) is 0 Å². The van der Waals surface area contributed by atoms with E-state index in [1.54, 1.807) is 6.92 Å². The van der Waals surface area contributed by atoms with Gasteiger partial charge < -0.3 is 11.1 Å². The van der Waals surface area contributed by atoms with Gasteiger partial charge in [0.2, 0.25) is 5.91 Å². The Labute approximate surface area is 136 Å². The lowest BCUT2D eigenvalue weighted by Crippen LogP contribution is -2.26. The second-order valence-electron chi connectivity index (χ2n) is 5.23. The Morgan fingerprint density at radius 2 is 2.04 bits per heavy atom. The van der Waals surface area contributed by atoms with Crippen molar-refractivity contribution in [3.05, 3.63) is 29.3 Å². The van der Waals surface area contributed by atoms with Crippen LogP contribution in [0, 0.1) is 6.92 Å². The number of nitrogens with two attached hydrogens (primary N) is 1. The fraction of sp³-hybridized carbons (Fsp3) is 0.429. The van der Waals surface area contributed by atoms with Crippen LogP contribution in [0.2, 0.25) is 0 Å². The monoisotopic (exact) mass is 340 g/mol. The van der Waals surface area contributed by atoms with Gasteiger partial charge in [0.05, 0.1) is 5.69 Å². The summed E-state index contributed by atoms with van der Waals surface area (Å²) in [6.07, 6.45) is -1.24. The molecule has 24 heavy (non-hydrogen) atoms. The molecule has 0 saturated heterocycles. The van der Waals surface area contributed by atoms with Crippen molar-refractivity contribution in [2.45, 2.75) is 39.8 Å². The summed E-state index contributed by atoms with van der Waals surface area (Å²) in [6.45, 7) is 5.39. The summed E-state index contributed by atoms with van der Waals surface area (Å²) in [5.74, 6) is -1.31. The predicted octanol–water partition coefficient (Wildman–Crippen LogP) is 1.64. The van der Waals surface area contributed by atoms with Crippen LogP contribution in [-0.2, 0) is 11.3 Å². The molecular formula is C14H18F2N6O2. The van der Waals surface area contributed by atoms with Crippen LogP contribution >= 0.6 is 0 Å². The molecular weight excluding hydrogens is 322 g/mol. The number of carbonyl (C=O) groups excluding carboxylic acids is 2. The van der Waals surface area contributed by atoms with Crippen molar-refractivity contribution in [2.75, 3.05) is 5.32 Å². The molecule has 0 aliphatic rings. The normalized spacial score (nSPS) is 12.4. The first-order chi connectivity index (χ1) is 11.2. The molecule has 1 atom stereocenters. The molecule has 0 fully saturated rings. The molecule has 2 aromatic heterocycles. The second-order valence-corrected chi connectivity index (χ2v) is 5.23. The lowest BCUT2D eigenvalue weighted by atomic mass is 10.2. The van der Waals surface area contributed by atoms with Crippen molar-refractivity contribution in [1.29, 1.82) is 0 Å². The Kier molecular flexibility index (Phi) is 4.96. The van der Waals surface area contributed by atoms with Crippen LogP contribution in [0.25, 0.3) is 0 Å². The highest BCUT2D eigenvalue weighted by atomic mass is 19.3. The van der Waals surface area contributed by atoms with Gasteiger partial charge in [0.15, 0.2) is 5.69 Å². The zero-order valence-electron chi connectivity index (χ0n) is 13.5. The minimum atomic E-state index is -2.72. The third-order valence-corrected chi connectivity index (χ3v) is 3.49. The van der Waals surface area contributed by atoms with Crippen molar-refractivity contribution < 1.29 is 18.4 Å². The number of rotatable bonds is 6. The maximum absolute atomic E-state index is 12.7. The first-order valence-electron chi connectivity index (χ1n) is 7.26. The summed E-state index contributed by atoms with van der Waals surface area (Å²) in [7, 11) is 0. The number of nitrogens with one attached hydrogen (secondary N) is 1. The number of hydrogen-bond acceptors (Lipinski definition) is 4. The number of primary amides is 1. The molecule has 0 saturated carbocycles. The Balaban J connectivity index is 2.23. The number of alkyl halides is 2. The van der Waals surface area contributed by atoms with E-state index in [0.717, 1.165) is 0 Å². The molecule has 130 valence electrons. The van der Waals surface area contributed by atoms with E-state index in [-0.39, 0.29) is 11.4 Å². The van der Waals surface area contributed by atoms with Crippen LogP contribution < -0.4 is 11.1 Å². The lowest BCUT2D eigenvalue weighted by molar-refractivity contribution is -0.119. The molecule has 0 aliphatic carbocycles. The van der Waals surface area contributed by atoms with Gasteiger partial charge in [-0.15, -0.1) is 0 Å². The van der Waals surface area contributed by atoms with E-state index in [0.29, 0.717) is 12.2 Å². The molecule has 2 heterocycles. The largest absolute Gasteiger partial charge is 0.364 e. The molecule has 2 rings (SSSR count). The molecule has 0 aromatic carbocycles. The highest BCUT2D eigenvalue weighted by Gasteiger charge is 2.23. The standard InChI is InChI=1S/C14H18F2N6O2/c1-4-21-6-10(11(20-21)13(17)23)18-14(24)8(3)22-7(2)5-9(19-22)12(15)16/h5-6,8,12H,4H2,1-3H3,(H2,17,23)(H,18,24). The zero-order chi connectivity index (χ0) is 18.0. The Morgan fingerprint density at radius 3 is 2.54 bits per heavy atom. The summed E-state index contributed by atoms with van der Waals surface area (Å²) in [5.41, 5.74) is 5.36. The van der Waals surface area contributed by atoms with Crippen LogP contribution in [0.3, 0.4) is 0 Å². The minimum absolute atomic E-state index is 0.0668. The Bertz CT molecular complexity index is 767. The summed E-state index contributed by atoms with van der Waals surface area (Å²) < 4.78 is 28.1. The van der Waals surface area contributed by atoms with E-state index in [1.165, 1.54) is 28.6 Å². The van der Waals surface area contributed by atoms with E-state index in [1.807, 2.05) is 6.92 Å². The molecule has 10 heteroatoms. The first-order valence-corrected chi connectivity index (χ1v) is 7.26. The number of carbonyl (C=O) groups is 2. The molecule has 0 radical (unpaired) electrons. The Morgan fingerprint density at radius 1 is 1.38 bits per heavy atom. The number of amides is 2. The van der Waals surface area contributed by atoms with Crippen molar-refractivity contribution >= 4 is 17.5 Å². The number of aryl methyl sites for hydroxylation is 2. The number of hydrogen-bond donors (Lipinski definition) is 2. The van der Waals surface area contributed by atoms with Crippen LogP contribution in [0.5, 0.6) is 0 Å².